The third-order valence-corrected chi connectivity index (χ3v) is 4.40. The predicted molar refractivity (Wildman–Crippen MR) is 58.0 cm³/mol. The molecule has 0 amide bonds. The van der Waals surface area contributed by atoms with Crippen molar-refractivity contribution in [2.24, 2.45) is 5.73 Å². The first-order chi connectivity index (χ1) is 6.59. The first kappa shape index (κ1) is 11.9. The van der Waals surface area contributed by atoms with Gasteiger partial charge in [0.2, 0.25) is 0 Å². The lowest BCUT2D eigenvalue weighted by Crippen LogP contribution is -2.48. The Morgan fingerprint density at radius 2 is 1.93 bits per heavy atom. The summed E-state index contributed by atoms with van der Waals surface area (Å²) in [6.07, 6.45) is 2.17. The molecule has 0 spiro atoms. The van der Waals surface area contributed by atoms with Crippen LogP contribution in [0.5, 0.6) is 0 Å². The van der Waals surface area contributed by atoms with E-state index in [-0.39, 0.29) is 0 Å². The lowest BCUT2D eigenvalue weighted by atomic mass is 10.1. The highest BCUT2D eigenvalue weighted by Gasteiger charge is 2.25. The normalized spacial score (nSPS) is 24.7. The van der Waals surface area contributed by atoms with Gasteiger partial charge in [0, 0.05) is 25.7 Å². The molecule has 1 saturated heterocycles. The molecule has 84 valence electrons. The maximum atomic E-state index is 11.2. The van der Waals surface area contributed by atoms with Crippen molar-refractivity contribution >= 4 is 9.84 Å². The van der Waals surface area contributed by atoms with Crippen LogP contribution in [0.1, 0.15) is 19.8 Å². The number of hydrogen-bond acceptors (Lipinski definition) is 4. The van der Waals surface area contributed by atoms with E-state index in [4.69, 9.17) is 5.73 Å². The molecular weight excluding hydrogens is 200 g/mol. The lowest BCUT2D eigenvalue weighted by molar-refractivity contribution is 0.205. The standard InChI is InChI=1S/C9H20N2O2S/c1-2-3-9(8-10)11-4-6-14(12,13)7-5-11/h9H,2-8,10H2,1H3. The van der Waals surface area contributed by atoms with Crippen molar-refractivity contribution in [3.05, 3.63) is 0 Å². The minimum atomic E-state index is -2.75. The van der Waals surface area contributed by atoms with E-state index >= 15 is 0 Å². The predicted octanol–water partition coefficient (Wildman–Crippen LogP) is -0.156. The van der Waals surface area contributed by atoms with E-state index in [9.17, 15) is 8.42 Å². The largest absolute Gasteiger partial charge is 0.329 e. The molecule has 0 radical (unpaired) electrons. The zero-order valence-corrected chi connectivity index (χ0v) is 9.59. The molecule has 1 rings (SSSR count). The van der Waals surface area contributed by atoms with Crippen molar-refractivity contribution in [3.8, 4) is 0 Å². The van der Waals surface area contributed by atoms with E-state index < -0.39 is 9.84 Å². The van der Waals surface area contributed by atoms with E-state index in [1.165, 1.54) is 0 Å². The number of rotatable bonds is 4. The molecule has 1 fully saturated rings. The third kappa shape index (κ3) is 3.22. The number of nitrogens with zero attached hydrogens (tertiary/aromatic N) is 1. The highest BCUT2D eigenvalue weighted by Crippen LogP contribution is 2.11. The Balaban J connectivity index is 2.47. The fourth-order valence-electron chi connectivity index (χ4n) is 1.87. The summed E-state index contributed by atoms with van der Waals surface area (Å²) >= 11 is 0. The third-order valence-electron chi connectivity index (χ3n) is 2.79. The minimum absolute atomic E-state index is 0.299. The zero-order chi connectivity index (χ0) is 10.6. The lowest BCUT2D eigenvalue weighted by Gasteiger charge is -2.33. The van der Waals surface area contributed by atoms with Crippen LogP contribution in [0, 0.1) is 0 Å². The van der Waals surface area contributed by atoms with Crippen LogP contribution in [0.15, 0.2) is 0 Å². The molecule has 0 bridgehead atoms. The van der Waals surface area contributed by atoms with Crippen LogP contribution < -0.4 is 5.73 Å². The summed E-state index contributed by atoms with van der Waals surface area (Å²) in [5.41, 5.74) is 5.67. The molecule has 0 aromatic heterocycles. The van der Waals surface area contributed by atoms with Gasteiger partial charge in [-0.3, -0.25) is 4.90 Å². The number of sulfone groups is 1. The zero-order valence-electron chi connectivity index (χ0n) is 8.78. The van der Waals surface area contributed by atoms with Crippen molar-refractivity contribution in [1.29, 1.82) is 0 Å². The van der Waals surface area contributed by atoms with E-state index in [2.05, 4.69) is 11.8 Å². The first-order valence-electron chi connectivity index (χ1n) is 5.23. The SMILES string of the molecule is CCCC(CN)N1CCS(=O)(=O)CC1. The average Bonchev–Trinajstić information content (AvgIpc) is 2.15. The molecule has 5 heteroatoms. The molecule has 2 N–H and O–H groups in total. The summed E-state index contributed by atoms with van der Waals surface area (Å²) in [7, 11) is -2.75. The molecule has 0 aromatic rings. The average molecular weight is 220 g/mol. The van der Waals surface area contributed by atoms with Gasteiger partial charge in [0.15, 0.2) is 9.84 Å². The molecule has 1 unspecified atom stereocenters. The smallest absolute Gasteiger partial charge is 0.152 e. The fourth-order valence-corrected chi connectivity index (χ4v) is 3.10. The second-order valence-electron chi connectivity index (χ2n) is 3.87. The molecule has 1 heterocycles. The van der Waals surface area contributed by atoms with Crippen LogP contribution in [0.4, 0.5) is 0 Å². The quantitative estimate of drug-likeness (QED) is 0.715. The van der Waals surface area contributed by atoms with Crippen LogP contribution in [0.3, 0.4) is 0 Å². The van der Waals surface area contributed by atoms with Crippen LogP contribution in [-0.4, -0.2) is 50.5 Å². The van der Waals surface area contributed by atoms with Crippen LogP contribution in [-0.2, 0) is 9.84 Å². The Morgan fingerprint density at radius 1 is 1.36 bits per heavy atom. The van der Waals surface area contributed by atoms with Gasteiger partial charge in [0.1, 0.15) is 0 Å². The van der Waals surface area contributed by atoms with Crippen molar-refractivity contribution in [2.45, 2.75) is 25.8 Å². The van der Waals surface area contributed by atoms with Crippen LogP contribution >= 0.6 is 0 Å². The van der Waals surface area contributed by atoms with Gasteiger partial charge >= 0.3 is 0 Å². The summed E-state index contributed by atoms with van der Waals surface area (Å²) in [4.78, 5) is 2.21. The summed E-state index contributed by atoms with van der Waals surface area (Å²) in [6.45, 7) is 4.08. The highest BCUT2D eigenvalue weighted by molar-refractivity contribution is 7.91. The Kier molecular flexibility index (Phi) is 4.34. The fraction of sp³-hybridized carbons (Fsp3) is 1.00. The number of nitrogens with two attached hydrogens (primary N) is 1. The van der Waals surface area contributed by atoms with Gasteiger partial charge in [0.05, 0.1) is 11.5 Å². The van der Waals surface area contributed by atoms with Gasteiger partial charge in [-0.2, -0.15) is 0 Å². The number of hydrogen-bond donors (Lipinski definition) is 1. The Bertz CT molecular complexity index is 250. The molecule has 14 heavy (non-hydrogen) atoms. The summed E-state index contributed by atoms with van der Waals surface area (Å²) in [6, 6.07) is 0.371. The summed E-state index contributed by atoms with van der Waals surface area (Å²) in [5, 5.41) is 0. The van der Waals surface area contributed by atoms with E-state index in [1.54, 1.807) is 0 Å². The second kappa shape index (κ2) is 5.09. The molecule has 0 aromatic carbocycles. The molecule has 4 nitrogen and oxygen atoms in total. The molecule has 0 aliphatic carbocycles. The van der Waals surface area contributed by atoms with Gasteiger partial charge in [0.25, 0.3) is 0 Å². The van der Waals surface area contributed by atoms with Crippen molar-refractivity contribution < 1.29 is 8.42 Å². The van der Waals surface area contributed by atoms with E-state index in [0.717, 1.165) is 12.8 Å². The Labute approximate surface area is 86.4 Å². The van der Waals surface area contributed by atoms with Crippen molar-refractivity contribution in [2.75, 3.05) is 31.1 Å². The maximum Gasteiger partial charge on any atom is 0.152 e. The second-order valence-corrected chi connectivity index (χ2v) is 6.17. The monoisotopic (exact) mass is 220 g/mol. The van der Waals surface area contributed by atoms with Crippen LogP contribution in [0.25, 0.3) is 0 Å². The molecule has 1 aliphatic rings. The molecular formula is C9H20N2O2S. The van der Waals surface area contributed by atoms with Gasteiger partial charge in [-0.25, -0.2) is 8.42 Å². The van der Waals surface area contributed by atoms with E-state index in [1.807, 2.05) is 0 Å². The summed E-state index contributed by atoms with van der Waals surface area (Å²) < 4.78 is 22.4. The topological polar surface area (TPSA) is 63.4 Å². The van der Waals surface area contributed by atoms with Gasteiger partial charge in [-0.15, -0.1) is 0 Å². The molecule has 1 aliphatic heterocycles. The minimum Gasteiger partial charge on any atom is -0.329 e. The van der Waals surface area contributed by atoms with Gasteiger partial charge in [-0.1, -0.05) is 13.3 Å². The Hall–Kier alpha value is -0.130. The first-order valence-corrected chi connectivity index (χ1v) is 7.05. The molecule has 0 saturated carbocycles. The van der Waals surface area contributed by atoms with Gasteiger partial charge < -0.3 is 5.73 Å². The highest BCUT2D eigenvalue weighted by atomic mass is 32.2. The summed E-state index contributed by atoms with van der Waals surface area (Å²) in [5.74, 6) is 0.598. The Morgan fingerprint density at radius 3 is 2.36 bits per heavy atom. The van der Waals surface area contributed by atoms with Gasteiger partial charge in [-0.05, 0) is 6.42 Å². The molecule has 1 atom stereocenters. The van der Waals surface area contributed by atoms with Crippen molar-refractivity contribution in [3.63, 3.8) is 0 Å². The van der Waals surface area contributed by atoms with Crippen LogP contribution in [0.2, 0.25) is 0 Å². The van der Waals surface area contributed by atoms with Crippen molar-refractivity contribution in [1.82, 2.24) is 4.90 Å². The maximum absolute atomic E-state index is 11.2. The van der Waals surface area contributed by atoms with E-state index in [0.29, 0.717) is 37.2 Å².